The molecular formula is C14H25NO4. The van der Waals surface area contributed by atoms with Gasteiger partial charge >= 0.3 is 11.9 Å². The molecule has 19 heavy (non-hydrogen) atoms. The van der Waals surface area contributed by atoms with Crippen molar-refractivity contribution in [1.29, 1.82) is 0 Å². The van der Waals surface area contributed by atoms with E-state index in [1.165, 1.54) is 14.2 Å². The van der Waals surface area contributed by atoms with Gasteiger partial charge in [-0.15, -0.1) is 0 Å². The molecule has 0 aliphatic carbocycles. The van der Waals surface area contributed by atoms with E-state index in [0.717, 1.165) is 25.8 Å². The lowest BCUT2D eigenvalue weighted by Crippen LogP contribution is -2.48. The number of carbonyl (C=O) groups excluding carboxylic acids is 2. The van der Waals surface area contributed by atoms with E-state index < -0.39 is 5.41 Å². The monoisotopic (exact) mass is 271 g/mol. The van der Waals surface area contributed by atoms with E-state index in [9.17, 15) is 9.59 Å². The second-order valence-electron chi connectivity index (χ2n) is 5.78. The first-order chi connectivity index (χ1) is 8.90. The van der Waals surface area contributed by atoms with Crippen molar-refractivity contribution in [2.75, 3.05) is 27.3 Å². The van der Waals surface area contributed by atoms with Gasteiger partial charge in [0.25, 0.3) is 0 Å². The molecule has 0 N–H and O–H groups in total. The molecular weight excluding hydrogens is 246 g/mol. The molecule has 0 aromatic heterocycles. The van der Waals surface area contributed by atoms with Gasteiger partial charge in [0.15, 0.2) is 0 Å². The maximum atomic E-state index is 11.8. The Balaban J connectivity index is 2.66. The lowest BCUT2D eigenvalue weighted by Gasteiger charge is -2.39. The second-order valence-corrected chi connectivity index (χ2v) is 5.78. The van der Waals surface area contributed by atoms with Crippen molar-refractivity contribution in [1.82, 2.24) is 4.90 Å². The summed E-state index contributed by atoms with van der Waals surface area (Å²) in [6, 6.07) is 0.171. The Morgan fingerprint density at radius 1 is 1.21 bits per heavy atom. The Morgan fingerprint density at radius 3 is 2.47 bits per heavy atom. The zero-order valence-corrected chi connectivity index (χ0v) is 12.4. The van der Waals surface area contributed by atoms with Crippen LogP contribution in [0, 0.1) is 5.41 Å². The van der Waals surface area contributed by atoms with Crippen LogP contribution in [0.1, 0.15) is 39.5 Å². The van der Waals surface area contributed by atoms with Crippen LogP contribution >= 0.6 is 0 Å². The summed E-state index contributed by atoms with van der Waals surface area (Å²) in [7, 11) is 2.82. The maximum absolute atomic E-state index is 11.8. The third-order valence-corrected chi connectivity index (χ3v) is 3.72. The van der Waals surface area contributed by atoms with Crippen LogP contribution in [0.4, 0.5) is 0 Å². The molecule has 0 saturated carbocycles. The highest BCUT2D eigenvalue weighted by Crippen LogP contribution is 2.26. The van der Waals surface area contributed by atoms with Crippen LogP contribution in [0.3, 0.4) is 0 Å². The van der Waals surface area contributed by atoms with Crippen molar-refractivity contribution < 1.29 is 19.1 Å². The standard InChI is InChI=1S/C14H25NO4/c1-14(2,13(17)19-4)10-15-8-6-5-7-11(15)9-12(16)18-3/h11H,5-10H2,1-4H3. The van der Waals surface area contributed by atoms with Gasteiger partial charge in [0.1, 0.15) is 0 Å². The molecule has 1 atom stereocenters. The Labute approximate surface area is 115 Å². The van der Waals surface area contributed by atoms with E-state index in [1.807, 2.05) is 13.8 Å². The molecule has 0 bridgehead atoms. The van der Waals surface area contributed by atoms with Gasteiger partial charge in [-0.05, 0) is 33.2 Å². The van der Waals surface area contributed by atoms with Crippen LogP contribution in [0.2, 0.25) is 0 Å². The fraction of sp³-hybridized carbons (Fsp3) is 0.857. The first kappa shape index (κ1) is 16.0. The van der Waals surface area contributed by atoms with Crippen molar-refractivity contribution >= 4 is 11.9 Å². The smallest absolute Gasteiger partial charge is 0.312 e. The average molecular weight is 271 g/mol. The van der Waals surface area contributed by atoms with E-state index in [-0.39, 0.29) is 18.0 Å². The van der Waals surface area contributed by atoms with Gasteiger partial charge in [0.05, 0.1) is 26.1 Å². The first-order valence-electron chi connectivity index (χ1n) is 6.80. The van der Waals surface area contributed by atoms with E-state index in [1.54, 1.807) is 0 Å². The number of piperidine rings is 1. The molecule has 0 spiro atoms. The van der Waals surface area contributed by atoms with Gasteiger partial charge in [0, 0.05) is 12.6 Å². The zero-order valence-electron chi connectivity index (χ0n) is 12.4. The highest BCUT2D eigenvalue weighted by Gasteiger charge is 2.35. The number of nitrogens with zero attached hydrogens (tertiary/aromatic N) is 1. The van der Waals surface area contributed by atoms with Gasteiger partial charge in [-0.25, -0.2) is 0 Å². The summed E-state index contributed by atoms with van der Waals surface area (Å²) < 4.78 is 9.58. The summed E-state index contributed by atoms with van der Waals surface area (Å²) in [5.74, 6) is -0.400. The zero-order chi connectivity index (χ0) is 14.5. The minimum absolute atomic E-state index is 0.171. The van der Waals surface area contributed by atoms with Crippen molar-refractivity contribution in [3.63, 3.8) is 0 Å². The fourth-order valence-corrected chi connectivity index (χ4v) is 2.62. The molecule has 0 radical (unpaired) electrons. The van der Waals surface area contributed by atoms with Crippen LogP contribution in [0.15, 0.2) is 0 Å². The maximum Gasteiger partial charge on any atom is 0.312 e. The summed E-state index contributed by atoms with van der Waals surface area (Å²) in [5, 5.41) is 0. The summed E-state index contributed by atoms with van der Waals surface area (Å²) in [6.07, 6.45) is 3.60. The van der Waals surface area contributed by atoms with Crippen LogP contribution in [0.5, 0.6) is 0 Å². The van der Waals surface area contributed by atoms with Crippen molar-refractivity contribution in [2.45, 2.75) is 45.6 Å². The largest absolute Gasteiger partial charge is 0.469 e. The number of ether oxygens (including phenoxy) is 2. The molecule has 1 aliphatic heterocycles. The number of likely N-dealkylation sites (tertiary alicyclic amines) is 1. The number of carbonyl (C=O) groups is 2. The molecule has 0 aromatic carbocycles. The first-order valence-corrected chi connectivity index (χ1v) is 6.80. The van der Waals surface area contributed by atoms with Gasteiger partial charge in [-0.2, -0.15) is 0 Å². The minimum atomic E-state index is -0.555. The lowest BCUT2D eigenvalue weighted by molar-refractivity contribution is -0.152. The Kier molecular flexibility index (Phi) is 5.79. The lowest BCUT2D eigenvalue weighted by atomic mass is 9.89. The number of hydrogen-bond acceptors (Lipinski definition) is 5. The summed E-state index contributed by atoms with van der Waals surface area (Å²) in [6.45, 7) is 5.29. The normalized spacial score (nSPS) is 20.9. The van der Waals surface area contributed by atoms with Gasteiger partial charge in [-0.3, -0.25) is 14.5 Å². The summed E-state index contributed by atoms with van der Waals surface area (Å²) in [5.41, 5.74) is -0.555. The topological polar surface area (TPSA) is 55.8 Å². The molecule has 1 aliphatic rings. The molecule has 1 rings (SSSR count). The molecule has 0 aromatic rings. The number of esters is 2. The van der Waals surface area contributed by atoms with E-state index in [4.69, 9.17) is 9.47 Å². The fourth-order valence-electron chi connectivity index (χ4n) is 2.62. The quantitative estimate of drug-likeness (QED) is 0.711. The summed E-state index contributed by atoms with van der Waals surface area (Å²) in [4.78, 5) is 25.4. The van der Waals surface area contributed by atoms with Crippen LogP contribution in [-0.4, -0.2) is 50.2 Å². The van der Waals surface area contributed by atoms with E-state index >= 15 is 0 Å². The Morgan fingerprint density at radius 2 is 1.89 bits per heavy atom. The van der Waals surface area contributed by atoms with Crippen LogP contribution in [-0.2, 0) is 19.1 Å². The molecule has 5 nitrogen and oxygen atoms in total. The van der Waals surface area contributed by atoms with E-state index in [0.29, 0.717) is 13.0 Å². The Bertz CT molecular complexity index is 327. The van der Waals surface area contributed by atoms with Crippen LogP contribution < -0.4 is 0 Å². The SMILES string of the molecule is COC(=O)CC1CCCCN1CC(C)(C)C(=O)OC. The highest BCUT2D eigenvalue weighted by atomic mass is 16.5. The number of rotatable bonds is 5. The third kappa shape index (κ3) is 4.49. The van der Waals surface area contributed by atoms with Crippen LogP contribution in [0.25, 0.3) is 0 Å². The minimum Gasteiger partial charge on any atom is -0.469 e. The van der Waals surface area contributed by atoms with Crippen molar-refractivity contribution in [3.8, 4) is 0 Å². The predicted molar refractivity (Wildman–Crippen MR) is 71.6 cm³/mol. The second kappa shape index (κ2) is 6.89. The van der Waals surface area contributed by atoms with Gasteiger partial charge in [0.2, 0.25) is 0 Å². The van der Waals surface area contributed by atoms with E-state index in [2.05, 4.69) is 4.90 Å². The van der Waals surface area contributed by atoms with Gasteiger partial charge < -0.3 is 9.47 Å². The molecule has 1 heterocycles. The Hall–Kier alpha value is -1.10. The molecule has 5 heteroatoms. The molecule has 1 saturated heterocycles. The van der Waals surface area contributed by atoms with Gasteiger partial charge in [-0.1, -0.05) is 6.42 Å². The predicted octanol–water partition coefficient (Wildman–Crippen LogP) is 1.60. The molecule has 1 fully saturated rings. The summed E-state index contributed by atoms with van der Waals surface area (Å²) >= 11 is 0. The third-order valence-electron chi connectivity index (χ3n) is 3.72. The van der Waals surface area contributed by atoms with Crippen molar-refractivity contribution in [3.05, 3.63) is 0 Å². The number of hydrogen-bond donors (Lipinski definition) is 0. The molecule has 1 unspecified atom stereocenters. The number of methoxy groups -OCH3 is 2. The molecule has 110 valence electrons. The highest BCUT2D eigenvalue weighted by molar-refractivity contribution is 5.76. The molecule has 0 amide bonds. The van der Waals surface area contributed by atoms with Crippen molar-refractivity contribution in [2.24, 2.45) is 5.41 Å². The average Bonchev–Trinajstić information content (AvgIpc) is 2.39.